The molecule has 0 aliphatic carbocycles. The first-order valence-corrected chi connectivity index (χ1v) is 5.61. The molecule has 4 heteroatoms. The zero-order chi connectivity index (χ0) is 13.0. The Morgan fingerprint density at radius 1 is 1.00 bits per heavy atom. The van der Waals surface area contributed by atoms with Crippen LogP contribution in [0.2, 0.25) is 0 Å². The molecule has 2 rings (SSSR count). The minimum atomic E-state index is 0.708. The van der Waals surface area contributed by atoms with Crippen LogP contribution in [0.3, 0.4) is 0 Å². The summed E-state index contributed by atoms with van der Waals surface area (Å²) >= 11 is 0. The van der Waals surface area contributed by atoms with Crippen molar-refractivity contribution in [2.24, 2.45) is 10.2 Å². The molecule has 0 amide bonds. The third kappa shape index (κ3) is 2.85. The van der Waals surface area contributed by atoms with Gasteiger partial charge in [-0.2, -0.15) is 5.11 Å². The van der Waals surface area contributed by atoms with Gasteiger partial charge in [0.2, 0.25) is 0 Å². The van der Waals surface area contributed by atoms with E-state index in [2.05, 4.69) is 10.2 Å². The second-order valence-corrected chi connectivity index (χ2v) is 3.97. The van der Waals surface area contributed by atoms with Crippen molar-refractivity contribution in [3.05, 3.63) is 48.0 Å². The Morgan fingerprint density at radius 3 is 2.39 bits per heavy atom. The van der Waals surface area contributed by atoms with E-state index in [4.69, 9.17) is 10.5 Å². The Balaban J connectivity index is 2.27. The Kier molecular flexibility index (Phi) is 3.57. The van der Waals surface area contributed by atoms with Gasteiger partial charge in [0.05, 0.1) is 12.8 Å². The van der Waals surface area contributed by atoms with Gasteiger partial charge in [0.25, 0.3) is 0 Å². The van der Waals surface area contributed by atoms with Crippen LogP contribution in [0, 0.1) is 6.92 Å². The maximum absolute atomic E-state index is 5.61. The van der Waals surface area contributed by atoms with Crippen molar-refractivity contribution < 1.29 is 4.74 Å². The topological polar surface area (TPSA) is 60.0 Å². The lowest BCUT2D eigenvalue weighted by Crippen LogP contribution is -1.83. The van der Waals surface area contributed by atoms with E-state index < -0.39 is 0 Å². The van der Waals surface area contributed by atoms with E-state index >= 15 is 0 Å². The number of methoxy groups -OCH3 is 1. The van der Waals surface area contributed by atoms with Crippen LogP contribution < -0.4 is 10.5 Å². The lowest BCUT2D eigenvalue weighted by atomic mass is 10.2. The fourth-order valence-electron chi connectivity index (χ4n) is 1.53. The molecule has 0 fully saturated rings. The SMILES string of the molecule is COc1ccc(C)cc1N=Nc1ccc(N)cc1. The second kappa shape index (κ2) is 5.31. The van der Waals surface area contributed by atoms with Crippen LogP contribution in [0.4, 0.5) is 17.1 Å². The number of ether oxygens (including phenoxy) is 1. The highest BCUT2D eigenvalue weighted by Gasteiger charge is 2.01. The van der Waals surface area contributed by atoms with E-state index in [9.17, 15) is 0 Å². The predicted octanol–water partition coefficient (Wildman–Crippen LogP) is 4.00. The second-order valence-electron chi connectivity index (χ2n) is 3.97. The minimum Gasteiger partial charge on any atom is -0.494 e. The van der Waals surface area contributed by atoms with Crippen LogP contribution in [0.15, 0.2) is 52.7 Å². The monoisotopic (exact) mass is 241 g/mol. The number of anilines is 1. The summed E-state index contributed by atoms with van der Waals surface area (Å²) in [6.45, 7) is 2.00. The molecule has 0 aliphatic heterocycles. The molecule has 0 atom stereocenters. The maximum atomic E-state index is 5.61. The first-order chi connectivity index (χ1) is 8.69. The number of nitrogens with zero attached hydrogens (tertiary/aromatic N) is 2. The Hall–Kier alpha value is -2.36. The number of hydrogen-bond acceptors (Lipinski definition) is 4. The highest BCUT2D eigenvalue weighted by Crippen LogP contribution is 2.29. The number of nitrogens with two attached hydrogens (primary N) is 1. The van der Waals surface area contributed by atoms with Crippen molar-refractivity contribution >= 4 is 17.1 Å². The molecule has 0 saturated heterocycles. The molecule has 0 aromatic heterocycles. The van der Waals surface area contributed by atoms with E-state index in [0.29, 0.717) is 17.1 Å². The summed E-state index contributed by atoms with van der Waals surface area (Å²) in [7, 11) is 1.62. The molecule has 0 saturated carbocycles. The smallest absolute Gasteiger partial charge is 0.146 e. The average Bonchev–Trinajstić information content (AvgIpc) is 2.38. The van der Waals surface area contributed by atoms with Crippen LogP contribution in [-0.4, -0.2) is 7.11 Å². The molecular formula is C14H15N3O. The minimum absolute atomic E-state index is 0.708. The van der Waals surface area contributed by atoms with Gasteiger partial charge in [-0.3, -0.25) is 0 Å². The van der Waals surface area contributed by atoms with E-state index in [1.54, 1.807) is 19.2 Å². The number of aryl methyl sites for hydroxylation is 1. The van der Waals surface area contributed by atoms with E-state index in [0.717, 1.165) is 11.3 Å². The van der Waals surface area contributed by atoms with Crippen LogP contribution in [0.1, 0.15) is 5.56 Å². The van der Waals surface area contributed by atoms with Gasteiger partial charge in [-0.05, 0) is 48.9 Å². The molecule has 0 bridgehead atoms. The average molecular weight is 241 g/mol. The molecule has 0 heterocycles. The summed E-state index contributed by atoms with van der Waals surface area (Å²) in [6, 6.07) is 13.0. The van der Waals surface area contributed by atoms with Crippen LogP contribution in [0.5, 0.6) is 5.75 Å². The van der Waals surface area contributed by atoms with Gasteiger partial charge in [0.1, 0.15) is 11.4 Å². The largest absolute Gasteiger partial charge is 0.494 e. The normalized spacial score (nSPS) is 10.8. The van der Waals surface area contributed by atoms with Gasteiger partial charge in [-0.25, -0.2) is 0 Å². The summed E-state index contributed by atoms with van der Waals surface area (Å²) in [5.74, 6) is 0.708. The molecule has 2 aromatic rings. The van der Waals surface area contributed by atoms with Gasteiger partial charge in [0, 0.05) is 5.69 Å². The fourth-order valence-corrected chi connectivity index (χ4v) is 1.53. The van der Waals surface area contributed by atoms with Crippen molar-refractivity contribution in [1.82, 2.24) is 0 Å². The molecule has 0 spiro atoms. The zero-order valence-corrected chi connectivity index (χ0v) is 10.4. The number of azo groups is 1. The molecule has 0 aliphatic rings. The van der Waals surface area contributed by atoms with Gasteiger partial charge < -0.3 is 10.5 Å². The Morgan fingerprint density at radius 2 is 1.72 bits per heavy atom. The van der Waals surface area contributed by atoms with Crippen LogP contribution >= 0.6 is 0 Å². The lowest BCUT2D eigenvalue weighted by molar-refractivity contribution is 0.415. The molecule has 92 valence electrons. The summed E-state index contributed by atoms with van der Waals surface area (Å²) in [5.41, 5.74) is 8.90. The van der Waals surface area contributed by atoms with Gasteiger partial charge in [-0.15, -0.1) is 5.11 Å². The standard InChI is InChI=1S/C14H15N3O/c1-10-3-8-14(18-2)13(9-10)17-16-12-6-4-11(15)5-7-12/h3-9H,15H2,1-2H3. The van der Waals surface area contributed by atoms with E-state index in [1.807, 2.05) is 37.3 Å². The first kappa shape index (κ1) is 12.1. The predicted molar refractivity (Wildman–Crippen MR) is 72.8 cm³/mol. The van der Waals surface area contributed by atoms with Crippen LogP contribution in [0.25, 0.3) is 0 Å². The van der Waals surface area contributed by atoms with Crippen molar-refractivity contribution in [3.8, 4) is 5.75 Å². The third-order valence-corrected chi connectivity index (χ3v) is 2.50. The fraction of sp³-hybridized carbons (Fsp3) is 0.143. The molecule has 2 aromatic carbocycles. The molecular weight excluding hydrogens is 226 g/mol. The Bertz CT molecular complexity index is 562. The highest BCUT2D eigenvalue weighted by atomic mass is 16.5. The lowest BCUT2D eigenvalue weighted by Gasteiger charge is -2.03. The summed E-state index contributed by atoms with van der Waals surface area (Å²) in [6.07, 6.45) is 0. The molecule has 0 unspecified atom stereocenters. The first-order valence-electron chi connectivity index (χ1n) is 5.61. The molecule has 0 radical (unpaired) electrons. The number of rotatable bonds is 3. The zero-order valence-electron chi connectivity index (χ0n) is 10.4. The highest BCUT2D eigenvalue weighted by molar-refractivity contribution is 5.54. The van der Waals surface area contributed by atoms with Crippen molar-refractivity contribution in [2.45, 2.75) is 6.92 Å². The summed E-state index contributed by atoms with van der Waals surface area (Å²) < 4.78 is 5.23. The van der Waals surface area contributed by atoms with Gasteiger partial charge >= 0.3 is 0 Å². The van der Waals surface area contributed by atoms with E-state index in [-0.39, 0.29) is 0 Å². The molecule has 18 heavy (non-hydrogen) atoms. The quantitative estimate of drug-likeness (QED) is 0.652. The van der Waals surface area contributed by atoms with Gasteiger partial charge in [-0.1, -0.05) is 6.07 Å². The maximum Gasteiger partial charge on any atom is 0.146 e. The van der Waals surface area contributed by atoms with Crippen molar-refractivity contribution in [2.75, 3.05) is 12.8 Å². The van der Waals surface area contributed by atoms with E-state index in [1.165, 1.54) is 0 Å². The Labute approximate surface area is 106 Å². The molecule has 4 nitrogen and oxygen atoms in total. The molecule has 2 N–H and O–H groups in total. The van der Waals surface area contributed by atoms with Crippen molar-refractivity contribution in [1.29, 1.82) is 0 Å². The van der Waals surface area contributed by atoms with Gasteiger partial charge in [0.15, 0.2) is 0 Å². The van der Waals surface area contributed by atoms with Crippen molar-refractivity contribution in [3.63, 3.8) is 0 Å². The summed E-state index contributed by atoms with van der Waals surface area (Å²) in [4.78, 5) is 0. The number of benzene rings is 2. The number of nitrogen functional groups attached to an aromatic ring is 1. The van der Waals surface area contributed by atoms with Crippen LogP contribution in [-0.2, 0) is 0 Å². The summed E-state index contributed by atoms with van der Waals surface area (Å²) in [5, 5.41) is 8.35. The third-order valence-electron chi connectivity index (χ3n) is 2.50. The number of hydrogen-bond donors (Lipinski definition) is 1.